The average Bonchev–Trinajstić information content (AvgIpc) is 2.39. The minimum atomic E-state index is -2.06. The van der Waals surface area contributed by atoms with Crippen LogP contribution in [0.15, 0.2) is 48.6 Å². The van der Waals surface area contributed by atoms with E-state index in [2.05, 4.69) is 0 Å². The molecular weight excluding hydrogens is 278 g/mol. The number of rotatable bonds is 3. The van der Waals surface area contributed by atoms with Crippen LogP contribution in [0.1, 0.15) is 12.0 Å². The fourth-order valence-electron chi connectivity index (χ4n) is 1.87. The Morgan fingerprint density at radius 3 is 1.95 bits per heavy atom. The molecule has 1 aromatic rings. The third kappa shape index (κ3) is 3.85. The third-order valence-electron chi connectivity index (χ3n) is 3.03. The molecule has 0 unspecified atom stereocenters. The van der Waals surface area contributed by atoms with Crippen molar-refractivity contribution >= 4 is 17.5 Å². The van der Waals surface area contributed by atoms with Crippen molar-refractivity contribution in [2.24, 2.45) is 5.41 Å². The van der Waals surface area contributed by atoms with E-state index < -0.39 is 17.4 Å². The Balaban J connectivity index is 0.00000180. The summed E-state index contributed by atoms with van der Waals surface area (Å²) in [6.45, 7) is 0. The number of hydrogen-bond donors (Lipinski definition) is 0. The summed E-state index contributed by atoms with van der Waals surface area (Å²) in [7, 11) is 0. The molecule has 0 atom stereocenters. The van der Waals surface area contributed by atoms with Gasteiger partial charge in [0.15, 0.2) is 0 Å². The van der Waals surface area contributed by atoms with Gasteiger partial charge >= 0.3 is 59.1 Å². The van der Waals surface area contributed by atoms with E-state index in [1.54, 1.807) is 6.08 Å². The Kier molecular flexibility index (Phi) is 8.03. The van der Waals surface area contributed by atoms with Crippen LogP contribution in [0.4, 0.5) is 0 Å². The normalized spacial score (nSPS) is 15.3. The van der Waals surface area contributed by atoms with Gasteiger partial charge in [-0.05, 0) is 17.6 Å². The van der Waals surface area contributed by atoms with E-state index in [1.165, 1.54) is 6.08 Å². The van der Waals surface area contributed by atoms with Gasteiger partial charge in [-0.2, -0.15) is 0 Å². The summed E-state index contributed by atoms with van der Waals surface area (Å²) in [5.41, 5.74) is -0.370. The molecule has 6 heteroatoms. The molecule has 0 saturated carbocycles. The van der Waals surface area contributed by atoms with Gasteiger partial charge in [-0.1, -0.05) is 48.6 Å². The van der Waals surface area contributed by atoms with E-state index in [0.29, 0.717) is 0 Å². The third-order valence-corrected chi connectivity index (χ3v) is 3.03. The van der Waals surface area contributed by atoms with Crippen LogP contribution in [0.25, 0.3) is 5.57 Å². The molecule has 0 bridgehead atoms. The molecule has 92 valence electrons. The predicted molar refractivity (Wildman–Crippen MR) is 60.6 cm³/mol. The van der Waals surface area contributed by atoms with E-state index in [-0.39, 0.29) is 65.5 Å². The molecule has 1 aromatic carbocycles. The second kappa shape index (κ2) is 8.17. The molecule has 0 aliphatic heterocycles. The molecule has 0 N–H and O–H groups in total. The van der Waals surface area contributed by atoms with E-state index >= 15 is 0 Å². The summed E-state index contributed by atoms with van der Waals surface area (Å²) < 4.78 is 0. The Hall–Kier alpha value is -0.360. The SMILES string of the molecule is O=C([O-])C1(C(=O)[O-])C=CC(c2ccccc2)=CC1.[Na+].[Na+]. The minimum absolute atomic E-state index is 0. The van der Waals surface area contributed by atoms with E-state index in [9.17, 15) is 19.8 Å². The molecule has 0 aromatic heterocycles. The number of aliphatic carboxylic acids is 2. The van der Waals surface area contributed by atoms with Gasteiger partial charge in [0.25, 0.3) is 0 Å². The summed E-state index contributed by atoms with van der Waals surface area (Å²) >= 11 is 0. The topological polar surface area (TPSA) is 80.3 Å². The maximum atomic E-state index is 10.9. The molecule has 0 saturated heterocycles. The second-order valence-corrected chi connectivity index (χ2v) is 4.11. The number of carboxylic acid groups (broad SMARTS) is 2. The van der Waals surface area contributed by atoms with E-state index in [1.807, 2.05) is 30.3 Å². The van der Waals surface area contributed by atoms with Crippen molar-refractivity contribution in [3.05, 3.63) is 54.1 Å². The van der Waals surface area contributed by atoms with E-state index in [4.69, 9.17) is 0 Å². The van der Waals surface area contributed by atoms with Crippen molar-refractivity contribution in [2.75, 3.05) is 0 Å². The van der Waals surface area contributed by atoms with Gasteiger partial charge in [-0.25, -0.2) is 0 Å². The van der Waals surface area contributed by atoms with Crippen molar-refractivity contribution in [2.45, 2.75) is 6.42 Å². The first-order valence-electron chi connectivity index (χ1n) is 5.44. The maximum absolute atomic E-state index is 10.9. The molecule has 0 radical (unpaired) electrons. The van der Waals surface area contributed by atoms with Gasteiger partial charge in [0.2, 0.25) is 0 Å². The van der Waals surface area contributed by atoms with Crippen LogP contribution in [0, 0.1) is 5.41 Å². The Morgan fingerprint density at radius 1 is 1.00 bits per heavy atom. The molecule has 20 heavy (non-hydrogen) atoms. The Labute approximate surface area is 161 Å². The molecule has 0 spiro atoms. The second-order valence-electron chi connectivity index (χ2n) is 4.11. The summed E-state index contributed by atoms with van der Waals surface area (Å²) in [5.74, 6) is -3.30. The molecule has 0 amide bonds. The van der Waals surface area contributed by atoms with Gasteiger partial charge in [-0.3, -0.25) is 0 Å². The van der Waals surface area contributed by atoms with Crippen molar-refractivity contribution < 1.29 is 78.9 Å². The van der Waals surface area contributed by atoms with Gasteiger partial charge in [0.05, 0.1) is 17.4 Å². The summed E-state index contributed by atoms with van der Waals surface area (Å²) in [5, 5.41) is 21.9. The molecule has 1 aliphatic rings. The summed E-state index contributed by atoms with van der Waals surface area (Å²) in [4.78, 5) is 21.9. The number of benzene rings is 1. The predicted octanol–water partition coefficient (Wildman–Crippen LogP) is -6.48. The van der Waals surface area contributed by atoms with Crippen LogP contribution in [0.2, 0.25) is 0 Å². The number of hydrogen-bond acceptors (Lipinski definition) is 4. The molecule has 0 fully saturated rings. The average molecular weight is 288 g/mol. The van der Waals surface area contributed by atoms with Gasteiger partial charge < -0.3 is 19.8 Å². The zero-order chi connectivity index (χ0) is 13.2. The molecule has 0 heterocycles. The van der Waals surface area contributed by atoms with Crippen LogP contribution in [-0.4, -0.2) is 11.9 Å². The van der Waals surface area contributed by atoms with Gasteiger partial charge in [-0.15, -0.1) is 0 Å². The Bertz CT molecular complexity index is 536. The number of carboxylic acids is 2. The van der Waals surface area contributed by atoms with Gasteiger partial charge in [0.1, 0.15) is 0 Å². The molecule has 1 aliphatic carbocycles. The van der Waals surface area contributed by atoms with Crippen LogP contribution < -0.4 is 69.3 Å². The zero-order valence-corrected chi connectivity index (χ0v) is 15.5. The molecule has 2 rings (SSSR count). The van der Waals surface area contributed by atoms with Crippen LogP contribution in [0.5, 0.6) is 0 Å². The van der Waals surface area contributed by atoms with E-state index in [0.717, 1.165) is 17.2 Å². The monoisotopic (exact) mass is 288 g/mol. The van der Waals surface area contributed by atoms with Crippen LogP contribution >= 0.6 is 0 Å². The number of allylic oxidation sites excluding steroid dienone is 3. The first kappa shape index (κ1) is 19.6. The van der Waals surface area contributed by atoms with Crippen LogP contribution in [0.3, 0.4) is 0 Å². The van der Waals surface area contributed by atoms with Crippen LogP contribution in [-0.2, 0) is 9.59 Å². The molecular formula is C14H10Na2O4. The summed E-state index contributed by atoms with van der Waals surface area (Å²) in [6.07, 6.45) is 4.00. The number of carbonyl (C=O) groups is 2. The van der Waals surface area contributed by atoms with Gasteiger partial charge in [0, 0.05) is 0 Å². The summed E-state index contributed by atoms with van der Waals surface area (Å²) in [6, 6.07) is 9.29. The smallest absolute Gasteiger partial charge is 0.549 e. The fraction of sp³-hybridized carbons (Fsp3) is 0.143. The van der Waals surface area contributed by atoms with Crippen molar-refractivity contribution in [3.63, 3.8) is 0 Å². The minimum Gasteiger partial charge on any atom is -0.549 e. The first-order valence-corrected chi connectivity index (χ1v) is 5.44. The standard InChI is InChI=1S/C14H12O4.2Na/c15-12(16)14(13(17)18)8-6-11(7-9-14)10-4-2-1-3-5-10;;/h1-8H,9H2,(H,15,16)(H,17,18);;/q;2*+1/p-2. The number of carbonyl (C=O) groups excluding carboxylic acids is 2. The fourth-order valence-corrected chi connectivity index (χ4v) is 1.87. The van der Waals surface area contributed by atoms with Crippen molar-refractivity contribution in [3.8, 4) is 0 Å². The zero-order valence-electron chi connectivity index (χ0n) is 11.5. The largest absolute Gasteiger partial charge is 1.00 e. The van der Waals surface area contributed by atoms with Crippen molar-refractivity contribution in [1.29, 1.82) is 0 Å². The van der Waals surface area contributed by atoms with Crippen molar-refractivity contribution in [1.82, 2.24) is 0 Å². The maximum Gasteiger partial charge on any atom is 1.00 e. The molecule has 4 nitrogen and oxygen atoms in total. The first-order chi connectivity index (χ1) is 8.56. The quantitative estimate of drug-likeness (QED) is 0.409. The Morgan fingerprint density at radius 2 is 1.55 bits per heavy atom.